The van der Waals surface area contributed by atoms with Gasteiger partial charge in [-0.3, -0.25) is 19.7 Å². The fourth-order valence-corrected chi connectivity index (χ4v) is 3.54. The first-order chi connectivity index (χ1) is 16.1. The van der Waals surface area contributed by atoms with Gasteiger partial charge in [0.2, 0.25) is 17.7 Å². The van der Waals surface area contributed by atoms with Crippen LogP contribution in [0.5, 0.6) is 0 Å². The summed E-state index contributed by atoms with van der Waals surface area (Å²) < 4.78 is 5.40. The molecule has 4 unspecified atom stereocenters. The lowest BCUT2D eigenvalue weighted by Crippen LogP contribution is -2.55. The number of para-hydroxylation sites is 1. The summed E-state index contributed by atoms with van der Waals surface area (Å²) in [5.41, 5.74) is 5.71. The van der Waals surface area contributed by atoms with Gasteiger partial charge >= 0.3 is 6.09 Å². The first kappa shape index (κ1) is 26.8. The van der Waals surface area contributed by atoms with E-state index in [1.165, 1.54) is 6.08 Å². The number of carbonyl (C=O) groups is 4. The normalized spacial score (nSPS) is 20.6. The topological polar surface area (TPSA) is 172 Å². The third-order valence-corrected chi connectivity index (χ3v) is 5.23. The predicted octanol–water partition coefficient (Wildman–Crippen LogP) is 0.0151. The number of primary amides is 1. The van der Waals surface area contributed by atoms with Crippen LogP contribution in [0.2, 0.25) is 0 Å². The van der Waals surface area contributed by atoms with E-state index in [2.05, 4.69) is 21.3 Å². The van der Waals surface area contributed by atoms with Crippen LogP contribution in [-0.4, -0.2) is 66.8 Å². The zero-order chi connectivity index (χ0) is 25.3. The molecular formula is C23H33N5O6. The van der Waals surface area contributed by atoms with Gasteiger partial charge in [0.25, 0.3) is 0 Å². The van der Waals surface area contributed by atoms with E-state index in [9.17, 15) is 24.3 Å². The van der Waals surface area contributed by atoms with Gasteiger partial charge in [0.15, 0.2) is 0 Å². The molecule has 4 atom stereocenters. The van der Waals surface area contributed by atoms with Crippen LogP contribution in [-0.2, 0) is 19.1 Å². The fraction of sp³-hybridized carbons (Fsp3) is 0.478. The predicted molar refractivity (Wildman–Crippen MR) is 125 cm³/mol. The number of hydrogen-bond donors (Lipinski definition) is 6. The SMILES string of the molecule is CNC(CC(C)C)C(=O)NC1C=C(C(=O)NCC(N)=O)CC(OC(=O)Nc2ccccc2)C1O. The van der Waals surface area contributed by atoms with Crippen LogP contribution in [0.15, 0.2) is 42.0 Å². The molecule has 0 spiro atoms. The van der Waals surface area contributed by atoms with Gasteiger partial charge in [-0.05, 0) is 31.5 Å². The molecule has 0 fully saturated rings. The number of likely N-dealkylation sites (N-methyl/N-ethyl adjacent to an activating group) is 1. The van der Waals surface area contributed by atoms with Gasteiger partial charge in [0.1, 0.15) is 12.2 Å². The summed E-state index contributed by atoms with van der Waals surface area (Å²) in [5.74, 6) is -1.48. The minimum Gasteiger partial charge on any atom is -0.443 e. The Labute approximate surface area is 198 Å². The van der Waals surface area contributed by atoms with Gasteiger partial charge < -0.3 is 31.5 Å². The molecule has 34 heavy (non-hydrogen) atoms. The van der Waals surface area contributed by atoms with Crippen LogP contribution in [0.25, 0.3) is 0 Å². The number of nitrogens with two attached hydrogens (primary N) is 1. The van der Waals surface area contributed by atoms with Crippen molar-refractivity contribution >= 4 is 29.5 Å². The number of ether oxygens (including phenoxy) is 1. The molecule has 0 saturated heterocycles. The number of rotatable bonds is 10. The molecule has 0 radical (unpaired) electrons. The van der Waals surface area contributed by atoms with Crippen LogP contribution < -0.4 is 27.0 Å². The maximum absolute atomic E-state index is 12.8. The van der Waals surface area contributed by atoms with Crippen LogP contribution in [0.1, 0.15) is 26.7 Å². The van der Waals surface area contributed by atoms with Gasteiger partial charge in [-0.1, -0.05) is 38.1 Å². The average molecular weight is 476 g/mol. The summed E-state index contributed by atoms with van der Waals surface area (Å²) in [6.45, 7) is 3.57. The van der Waals surface area contributed by atoms with E-state index in [0.29, 0.717) is 12.1 Å². The highest BCUT2D eigenvalue weighted by molar-refractivity contribution is 5.96. The van der Waals surface area contributed by atoms with Crippen molar-refractivity contribution in [3.63, 3.8) is 0 Å². The smallest absolute Gasteiger partial charge is 0.411 e. The number of aliphatic hydroxyl groups excluding tert-OH is 1. The van der Waals surface area contributed by atoms with E-state index < -0.39 is 42.2 Å². The molecule has 7 N–H and O–H groups in total. The third kappa shape index (κ3) is 8.16. The monoisotopic (exact) mass is 475 g/mol. The van der Waals surface area contributed by atoms with Crippen molar-refractivity contribution < 1.29 is 29.0 Å². The first-order valence-electron chi connectivity index (χ1n) is 11.1. The first-order valence-corrected chi connectivity index (χ1v) is 11.1. The second-order valence-electron chi connectivity index (χ2n) is 8.48. The number of aliphatic hydroxyl groups is 1. The van der Waals surface area contributed by atoms with Crippen molar-refractivity contribution in [3.8, 4) is 0 Å². The van der Waals surface area contributed by atoms with E-state index in [4.69, 9.17) is 10.5 Å². The van der Waals surface area contributed by atoms with Gasteiger partial charge in [-0.15, -0.1) is 0 Å². The van der Waals surface area contributed by atoms with Crippen molar-refractivity contribution in [2.24, 2.45) is 11.7 Å². The van der Waals surface area contributed by atoms with Crippen molar-refractivity contribution in [2.75, 3.05) is 18.9 Å². The number of anilines is 1. The van der Waals surface area contributed by atoms with E-state index in [1.54, 1.807) is 37.4 Å². The number of benzene rings is 1. The Hall–Kier alpha value is -3.44. The van der Waals surface area contributed by atoms with E-state index >= 15 is 0 Å². The van der Waals surface area contributed by atoms with Crippen LogP contribution >= 0.6 is 0 Å². The van der Waals surface area contributed by atoms with Gasteiger partial charge in [0, 0.05) is 17.7 Å². The van der Waals surface area contributed by atoms with Gasteiger partial charge in [-0.25, -0.2) is 4.79 Å². The Bertz CT molecular complexity index is 904. The molecule has 1 aromatic rings. The molecule has 1 aliphatic rings. The summed E-state index contributed by atoms with van der Waals surface area (Å²) in [6.07, 6.45) is -1.44. The average Bonchev–Trinajstić information content (AvgIpc) is 2.78. The van der Waals surface area contributed by atoms with Crippen molar-refractivity contribution in [3.05, 3.63) is 42.0 Å². The largest absolute Gasteiger partial charge is 0.443 e. The van der Waals surface area contributed by atoms with Gasteiger partial charge in [0.05, 0.1) is 18.6 Å². The molecule has 0 aliphatic heterocycles. The molecule has 0 heterocycles. The molecular weight excluding hydrogens is 442 g/mol. The number of nitrogens with one attached hydrogen (secondary N) is 4. The molecule has 1 aliphatic carbocycles. The van der Waals surface area contributed by atoms with E-state index in [0.717, 1.165) is 0 Å². The highest BCUT2D eigenvalue weighted by atomic mass is 16.6. The lowest BCUT2D eigenvalue weighted by Gasteiger charge is -2.34. The molecule has 0 bridgehead atoms. The maximum atomic E-state index is 12.8. The maximum Gasteiger partial charge on any atom is 0.411 e. The summed E-state index contributed by atoms with van der Waals surface area (Å²) >= 11 is 0. The van der Waals surface area contributed by atoms with Crippen LogP contribution in [0.4, 0.5) is 10.5 Å². The molecule has 4 amide bonds. The summed E-state index contributed by atoms with van der Waals surface area (Å²) in [6, 6.07) is 7.05. The van der Waals surface area contributed by atoms with Crippen molar-refractivity contribution in [1.82, 2.24) is 16.0 Å². The number of amides is 4. The van der Waals surface area contributed by atoms with E-state index in [1.807, 2.05) is 13.8 Å². The summed E-state index contributed by atoms with van der Waals surface area (Å²) in [5, 5.41) is 21.4. The molecule has 186 valence electrons. The third-order valence-electron chi connectivity index (χ3n) is 5.23. The molecule has 2 rings (SSSR count). The van der Waals surface area contributed by atoms with Crippen LogP contribution in [0.3, 0.4) is 0 Å². The quantitative estimate of drug-likeness (QED) is 0.277. The number of hydrogen-bond acceptors (Lipinski definition) is 7. The Morgan fingerprint density at radius 1 is 1.18 bits per heavy atom. The molecule has 11 heteroatoms. The fourth-order valence-electron chi connectivity index (χ4n) is 3.54. The lowest BCUT2D eigenvalue weighted by molar-refractivity contribution is -0.126. The Morgan fingerprint density at radius 2 is 1.85 bits per heavy atom. The molecule has 0 aromatic heterocycles. The second-order valence-corrected chi connectivity index (χ2v) is 8.48. The van der Waals surface area contributed by atoms with Crippen molar-refractivity contribution in [1.29, 1.82) is 0 Å². The molecule has 11 nitrogen and oxygen atoms in total. The minimum atomic E-state index is -1.31. The van der Waals surface area contributed by atoms with E-state index in [-0.39, 0.29) is 30.4 Å². The molecule has 1 aromatic carbocycles. The minimum absolute atomic E-state index is 0.123. The Morgan fingerprint density at radius 3 is 2.44 bits per heavy atom. The second kappa shape index (κ2) is 12.7. The summed E-state index contributed by atoms with van der Waals surface area (Å²) in [4.78, 5) is 48.8. The standard InChI is InChI=1S/C23H33N5O6/c1-13(2)9-17(25-3)22(32)28-16-10-14(21(31)26-12-19(24)29)11-18(20(16)30)34-23(33)27-15-7-5-4-6-8-15/h4-8,10,13,16-18,20,25,30H,9,11-12H2,1-3H3,(H2,24,29)(H,26,31)(H,27,33)(H,28,32). The highest BCUT2D eigenvalue weighted by Crippen LogP contribution is 2.23. The summed E-state index contributed by atoms with van der Waals surface area (Å²) in [7, 11) is 1.66. The van der Waals surface area contributed by atoms with Crippen molar-refractivity contribution in [2.45, 2.75) is 51.0 Å². The Balaban J connectivity index is 2.19. The number of carbonyl (C=O) groups excluding carboxylic acids is 4. The Kier molecular flexibility index (Phi) is 10.0. The highest BCUT2D eigenvalue weighted by Gasteiger charge is 2.38. The van der Waals surface area contributed by atoms with Gasteiger partial charge in [-0.2, -0.15) is 0 Å². The zero-order valence-electron chi connectivity index (χ0n) is 19.5. The van der Waals surface area contributed by atoms with Crippen LogP contribution in [0, 0.1) is 5.92 Å². The zero-order valence-corrected chi connectivity index (χ0v) is 19.5. The molecule has 0 saturated carbocycles. The lowest BCUT2D eigenvalue weighted by atomic mass is 9.89.